The zero-order valence-corrected chi connectivity index (χ0v) is 11.5. The van der Waals surface area contributed by atoms with Crippen LogP contribution in [0.15, 0.2) is 11.4 Å². The number of nitrogens with one attached hydrogen (secondary N) is 1. The molecule has 1 unspecified atom stereocenters. The summed E-state index contributed by atoms with van der Waals surface area (Å²) in [5.41, 5.74) is 3.35. The van der Waals surface area contributed by atoms with Gasteiger partial charge in [0.05, 0.1) is 17.4 Å². The molecule has 2 aromatic rings. The van der Waals surface area contributed by atoms with Gasteiger partial charge in [0.2, 0.25) is 0 Å². The molecule has 0 saturated carbocycles. The van der Waals surface area contributed by atoms with E-state index in [4.69, 9.17) is 0 Å². The zero-order valence-electron chi connectivity index (χ0n) is 10.7. The Labute approximate surface area is 106 Å². The highest BCUT2D eigenvalue weighted by Gasteiger charge is 2.10. The topological polar surface area (TPSA) is 42.7 Å². The lowest BCUT2D eigenvalue weighted by Gasteiger charge is -2.10. The summed E-state index contributed by atoms with van der Waals surface area (Å²) >= 11 is 1.71. The molecule has 0 amide bonds. The van der Waals surface area contributed by atoms with Crippen LogP contribution in [0.1, 0.15) is 35.1 Å². The predicted molar refractivity (Wildman–Crippen MR) is 70.1 cm³/mol. The van der Waals surface area contributed by atoms with E-state index in [0.29, 0.717) is 0 Å². The van der Waals surface area contributed by atoms with Crippen molar-refractivity contribution in [2.75, 3.05) is 0 Å². The van der Waals surface area contributed by atoms with Gasteiger partial charge in [-0.3, -0.25) is 4.68 Å². The van der Waals surface area contributed by atoms with E-state index in [2.05, 4.69) is 33.8 Å². The van der Waals surface area contributed by atoms with Crippen molar-refractivity contribution in [3.05, 3.63) is 33.5 Å². The Balaban J connectivity index is 1.96. The molecule has 1 N–H and O–H groups in total. The number of thiazole rings is 1. The van der Waals surface area contributed by atoms with Crippen molar-refractivity contribution in [1.29, 1.82) is 0 Å². The zero-order chi connectivity index (χ0) is 12.4. The molecule has 0 spiro atoms. The summed E-state index contributed by atoms with van der Waals surface area (Å²) in [4.78, 5) is 4.48. The van der Waals surface area contributed by atoms with Crippen molar-refractivity contribution in [2.45, 2.75) is 33.4 Å². The van der Waals surface area contributed by atoms with E-state index in [9.17, 15) is 0 Å². The molecule has 2 rings (SSSR count). The van der Waals surface area contributed by atoms with E-state index in [1.54, 1.807) is 11.3 Å². The molecule has 2 heterocycles. The van der Waals surface area contributed by atoms with Crippen molar-refractivity contribution in [2.24, 2.45) is 7.05 Å². The first kappa shape index (κ1) is 12.3. The molecule has 17 heavy (non-hydrogen) atoms. The third kappa shape index (κ3) is 2.92. The fourth-order valence-electron chi connectivity index (χ4n) is 1.75. The molecule has 4 nitrogen and oxygen atoms in total. The first-order chi connectivity index (χ1) is 8.06. The Kier molecular flexibility index (Phi) is 3.59. The maximum atomic E-state index is 4.48. The maximum absolute atomic E-state index is 4.48. The second-order valence-corrected chi connectivity index (χ2v) is 5.22. The van der Waals surface area contributed by atoms with Gasteiger partial charge in [-0.15, -0.1) is 11.3 Å². The summed E-state index contributed by atoms with van der Waals surface area (Å²) in [6.07, 6.45) is 0. The molecule has 0 aliphatic heterocycles. The van der Waals surface area contributed by atoms with E-state index in [1.807, 2.05) is 25.6 Å². The highest BCUT2D eigenvalue weighted by atomic mass is 32.1. The van der Waals surface area contributed by atoms with Crippen LogP contribution in [0.2, 0.25) is 0 Å². The van der Waals surface area contributed by atoms with Gasteiger partial charge in [-0.25, -0.2) is 4.98 Å². The molecule has 0 aromatic carbocycles. The number of hydrogen-bond acceptors (Lipinski definition) is 4. The minimum Gasteiger partial charge on any atom is -0.302 e. The van der Waals surface area contributed by atoms with Crippen LogP contribution in [-0.2, 0) is 13.6 Å². The summed E-state index contributed by atoms with van der Waals surface area (Å²) in [5, 5.41) is 11.0. The lowest BCUT2D eigenvalue weighted by atomic mass is 10.3. The minimum absolute atomic E-state index is 0.281. The first-order valence-corrected chi connectivity index (χ1v) is 6.59. The van der Waals surface area contributed by atoms with Crippen LogP contribution in [0.4, 0.5) is 0 Å². The Morgan fingerprint density at radius 3 is 2.71 bits per heavy atom. The van der Waals surface area contributed by atoms with Crippen molar-refractivity contribution in [1.82, 2.24) is 20.1 Å². The molecule has 0 radical (unpaired) electrons. The lowest BCUT2D eigenvalue weighted by molar-refractivity contribution is 0.545. The molecule has 0 aliphatic rings. The number of rotatable bonds is 4. The van der Waals surface area contributed by atoms with Gasteiger partial charge in [-0.05, 0) is 26.8 Å². The average Bonchev–Trinajstić information content (AvgIpc) is 2.82. The summed E-state index contributed by atoms with van der Waals surface area (Å²) < 4.78 is 1.92. The highest BCUT2D eigenvalue weighted by Crippen LogP contribution is 2.17. The minimum atomic E-state index is 0.281. The van der Waals surface area contributed by atoms with Gasteiger partial charge in [-0.2, -0.15) is 5.10 Å². The summed E-state index contributed by atoms with van der Waals surface area (Å²) in [6, 6.07) is 2.39. The van der Waals surface area contributed by atoms with Crippen LogP contribution in [0.3, 0.4) is 0 Å². The molecular weight excluding hydrogens is 232 g/mol. The number of nitrogens with zero attached hydrogens (tertiary/aromatic N) is 3. The Bertz CT molecular complexity index is 500. The molecule has 0 fully saturated rings. The molecule has 5 heteroatoms. The average molecular weight is 250 g/mol. The normalized spacial score (nSPS) is 12.9. The van der Waals surface area contributed by atoms with E-state index < -0.39 is 0 Å². The second kappa shape index (κ2) is 4.98. The Morgan fingerprint density at radius 1 is 1.41 bits per heavy atom. The Hall–Kier alpha value is -1.20. The van der Waals surface area contributed by atoms with E-state index in [0.717, 1.165) is 22.9 Å². The Morgan fingerprint density at radius 2 is 2.18 bits per heavy atom. The number of hydrogen-bond donors (Lipinski definition) is 1. The summed E-state index contributed by atoms with van der Waals surface area (Å²) in [7, 11) is 1.97. The fourth-order valence-corrected chi connectivity index (χ4v) is 2.57. The van der Waals surface area contributed by atoms with Gasteiger partial charge in [0.15, 0.2) is 0 Å². The molecule has 92 valence electrons. The smallest absolute Gasteiger partial charge is 0.110 e. The van der Waals surface area contributed by atoms with Crippen molar-refractivity contribution < 1.29 is 0 Å². The van der Waals surface area contributed by atoms with Gasteiger partial charge in [-0.1, -0.05) is 0 Å². The summed E-state index contributed by atoms with van der Waals surface area (Å²) in [5.74, 6) is 0. The third-order valence-electron chi connectivity index (χ3n) is 2.70. The van der Waals surface area contributed by atoms with Crippen LogP contribution >= 0.6 is 11.3 Å². The SMILES string of the molecule is Cc1csc(C(C)NCc2cc(C)nn2C)n1. The largest absolute Gasteiger partial charge is 0.302 e. The van der Waals surface area contributed by atoms with Crippen LogP contribution in [0.5, 0.6) is 0 Å². The standard InChI is InChI=1S/C12H18N4S/c1-8-5-11(16(4)15-8)6-13-10(3)12-14-9(2)7-17-12/h5,7,10,13H,6H2,1-4H3. The second-order valence-electron chi connectivity index (χ2n) is 4.33. The van der Waals surface area contributed by atoms with Crippen molar-refractivity contribution in [3.63, 3.8) is 0 Å². The predicted octanol–water partition coefficient (Wildman–Crippen LogP) is 2.34. The number of aryl methyl sites for hydroxylation is 3. The molecule has 1 atom stereocenters. The quantitative estimate of drug-likeness (QED) is 0.905. The van der Waals surface area contributed by atoms with Crippen molar-refractivity contribution in [3.8, 4) is 0 Å². The number of aromatic nitrogens is 3. The van der Waals surface area contributed by atoms with Crippen LogP contribution in [0.25, 0.3) is 0 Å². The third-order valence-corrected chi connectivity index (χ3v) is 3.84. The van der Waals surface area contributed by atoms with Gasteiger partial charge in [0.25, 0.3) is 0 Å². The maximum Gasteiger partial charge on any atom is 0.110 e. The van der Waals surface area contributed by atoms with Gasteiger partial charge in [0.1, 0.15) is 5.01 Å². The van der Waals surface area contributed by atoms with E-state index in [1.165, 1.54) is 5.69 Å². The van der Waals surface area contributed by atoms with E-state index in [-0.39, 0.29) is 6.04 Å². The van der Waals surface area contributed by atoms with E-state index >= 15 is 0 Å². The fraction of sp³-hybridized carbons (Fsp3) is 0.500. The first-order valence-electron chi connectivity index (χ1n) is 5.71. The monoisotopic (exact) mass is 250 g/mol. The van der Waals surface area contributed by atoms with Crippen LogP contribution in [-0.4, -0.2) is 14.8 Å². The molecule has 0 bridgehead atoms. The van der Waals surface area contributed by atoms with Gasteiger partial charge in [0, 0.05) is 24.7 Å². The van der Waals surface area contributed by atoms with Gasteiger partial charge >= 0.3 is 0 Å². The molecule has 2 aromatic heterocycles. The molecular formula is C12H18N4S. The lowest BCUT2D eigenvalue weighted by Crippen LogP contribution is -2.19. The van der Waals surface area contributed by atoms with Crippen LogP contribution in [0, 0.1) is 13.8 Å². The van der Waals surface area contributed by atoms with Crippen molar-refractivity contribution >= 4 is 11.3 Å². The summed E-state index contributed by atoms with van der Waals surface area (Å²) in [6.45, 7) is 6.99. The van der Waals surface area contributed by atoms with Gasteiger partial charge < -0.3 is 5.32 Å². The molecule has 0 saturated heterocycles. The van der Waals surface area contributed by atoms with Crippen LogP contribution < -0.4 is 5.32 Å². The molecule has 0 aliphatic carbocycles. The highest BCUT2D eigenvalue weighted by molar-refractivity contribution is 7.09.